The Balaban J connectivity index is 1.27. The van der Waals surface area contributed by atoms with Gasteiger partial charge in [-0.3, -0.25) is 24.1 Å². The number of phenolic OH excluding ortho intramolecular Hbond substituents is 1. The van der Waals surface area contributed by atoms with Crippen LogP contribution in [0.2, 0.25) is 0 Å². The Morgan fingerprint density at radius 2 is 1.59 bits per heavy atom. The van der Waals surface area contributed by atoms with E-state index in [0.717, 1.165) is 16.9 Å². The number of fused-ring (bicyclic) bond motifs is 3. The van der Waals surface area contributed by atoms with Crippen LogP contribution < -0.4 is 15.0 Å². The Labute approximate surface area is 254 Å². The van der Waals surface area contributed by atoms with Crippen molar-refractivity contribution in [3.63, 3.8) is 0 Å². The fourth-order valence-electron chi connectivity index (χ4n) is 7.31. The number of ether oxygens (including phenoxy) is 1. The second-order valence-electron chi connectivity index (χ2n) is 11.7. The second kappa shape index (κ2) is 10.5. The molecule has 0 aromatic heterocycles. The third-order valence-electron chi connectivity index (χ3n) is 9.31. The maximum Gasteiger partial charge on any atom is 0.238 e. The zero-order valence-corrected chi connectivity index (χ0v) is 24.2. The van der Waals surface area contributed by atoms with E-state index in [-0.39, 0.29) is 41.3 Å². The Morgan fingerprint density at radius 1 is 0.864 bits per heavy atom. The van der Waals surface area contributed by atoms with Gasteiger partial charge >= 0.3 is 0 Å². The number of aromatic hydroxyl groups is 1. The van der Waals surface area contributed by atoms with Gasteiger partial charge in [0.1, 0.15) is 0 Å². The fraction of sp³-hybridized carbons (Fsp3) is 0.222. The van der Waals surface area contributed by atoms with Crippen LogP contribution >= 0.6 is 0 Å². The highest BCUT2D eigenvalue weighted by Gasteiger charge is 2.56. The molecule has 0 saturated carbocycles. The molecular formula is C36H30N2O6. The molecule has 1 fully saturated rings. The highest BCUT2D eigenvalue weighted by molar-refractivity contribution is 6.25. The number of amides is 2. The number of imide groups is 1. The first-order valence-electron chi connectivity index (χ1n) is 14.6. The minimum atomic E-state index is -0.749. The SMILES string of the molecule is COc1cccc([C@H]2C3=CC[C@@H]4C(=O)N(c5ccc(Nc6ccccc6)cc5)C(=O)[C@@H]4[C@@H]3CC3=C2C(=O)C=C(C)C3=O)c1O. The summed E-state index contributed by atoms with van der Waals surface area (Å²) in [5, 5.41) is 14.5. The van der Waals surface area contributed by atoms with E-state index in [2.05, 4.69) is 5.32 Å². The van der Waals surface area contributed by atoms with Crippen molar-refractivity contribution in [3.05, 3.63) is 113 Å². The van der Waals surface area contributed by atoms with E-state index >= 15 is 0 Å². The Hall–Kier alpha value is -5.24. The maximum absolute atomic E-state index is 14.2. The van der Waals surface area contributed by atoms with Crippen LogP contribution in [0.1, 0.15) is 31.2 Å². The van der Waals surface area contributed by atoms with Gasteiger partial charge in [0.15, 0.2) is 23.1 Å². The highest BCUT2D eigenvalue weighted by atomic mass is 16.5. The van der Waals surface area contributed by atoms with Gasteiger partial charge in [-0.25, -0.2) is 0 Å². The van der Waals surface area contributed by atoms with Gasteiger partial charge in [0.05, 0.1) is 24.6 Å². The van der Waals surface area contributed by atoms with Gasteiger partial charge < -0.3 is 15.2 Å². The van der Waals surface area contributed by atoms with E-state index in [1.54, 1.807) is 37.3 Å². The third-order valence-corrected chi connectivity index (χ3v) is 9.31. The number of carbonyl (C=O) groups excluding carboxylic acids is 4. The minimum Gasteiger partial charge on any atom is -0.504 e. The maximum atomic E-state index is 14.2. The van der Waals surface area contributed by atoms with Crippen molar-refractivity contribution in [3.8, 4) is 11.5 Å². The number of benzene rings is 3. The first-order chi connectivity index (χ1) is 21.3. The van der Waals surface area contributed by atoms with Crippen LogP contribution in [0.15, 0.2) is 107 Å². The lowest BCUT2D eigenvalue weighted by Gasteiger charge is -2.42. The minimum absolute atomic E-state index is 0.123. The Bertz CT molecular complexity index is 1840. The number of para-hydroxylation sites is 2. The first-order valence-corrected chi connectivity index (χ1v) is 14.6. The monoisotopic (exact) mass is 586 g/mol. The summed E-state index contributed by atoms with van der Waals surface area (Å²) in [6.07, 6.45) is 3.77. The molecule has 2 N–H and O–H groups in total. The topological polar surface area (TPSA) is 113 Å². The quantitative estimate of drug-likeness (QED) is 0.221. The van der Waals surface area contributed by atoms with E-state index < -0.39 is 23.7 Å². The van der Waals surface area contributed by atoms with Gasteiger partial charge in [0, 0.05) is 39.6 Å². The van der Waals surface area contributed by atoms with Crippen LogP contribution in [0.4, 0.5) is 17.1 Å². The summed E-state index contributed by atoms with van der Waals surface area (Å²) in [6.45, 7) is 1.61. The molecule has 220 valence electrons. The Kier molecular flexibility index (Phi) is 6.57. The zero-order valence-electron chi connectivity index (χ0n) is 24.2. The van der Waals surface area contributed by atoms with Crippen LogP contribution in [-0.4, -0.2) is 35.6 Å². The van der Waals surface area contributed by atoms with E-state index in [1.165, 1.54) is 18.1 Å². The predicted molar refractivity (Wildman–Crippen MR) is 165 cm³/mol. The number of carbonyl (C=O) groups is 4. The summed E-state index contributed by atoms with van der Waals surface area (Å²) in [5.41, 5.74) is 4.42. The van der Waals surface area contributed by atoms with Crippen LogP contribution in [0, 0.1) is 17.8 Å². The number of hydrogen-bond acceptors (Lipinski definition) is 7. The number of allylic oxidation sites excluding steroid dienone is 6. The van der Waals surface area contributed by atoms with Gasteiger partial charge in [-0.05, 0) is 74.2 Å². The van der Waals surface area contributed by atoms with Gasteiger partial charge in [-0.2, -0.15) is 0 Å². The third kappa shape index (κ3) is 4.20. The average Bonchev–Trinajstić information content (AvgIpc) is 3.29. The largest absolute Gasteiger partial charge is 0.504 e. The molecule has 4 aliphatic rings. The van der Waals surface area contributed by atoms with Gasteiger partial charge in [-0.1, -0.05) is 42.0 Å². The molecular weight excluding hydrogens is 556 g/mol. The molecule has 3 aromatic rings. The van der Waals surface area contributed by atoms with Crippen molar-refractivity contribution in [2.75, 3.05) is 17.3 Å². The standard InChI is InChI=1S/C36H30N2O6/c1-19-17-28(39)32-27(33(19)40)18-26-23(30(32)24-9-6-10-29(44-2)34(24)41)15-16-25-31(26)36(43)38(35(25)42)22-13-11-21(12-14-22)37-20-7-4-3-5-8-20/h3-15,17,25-26,30-31,37,41H,16,18H2,1-2H3/t25-,26+,30+,31-/m0/s1. The summed E-state index contributed by atoms with van der Waals surface area (Å²) < 4.78 is 5.36. The summed E-state index contributed by atoms with van der Waals surface area (Å²) in [7, 11) is 1.45. The number of anilines is 3. The smallest absolute Gasteiger partial charge is 0.238 e. The van der Waals surface area contributed by atoms with E-state index in [4.69, 9.17) is 4.74 Å². The van der Waals surface area contributed by atoms with Crippen molar-refractivity contribution in [1.82, 2.24) is 0 Å². The summed E-state index contributed by atoms with van der Waals surface area (Å²) in [5.74, 6) is -3.55. The molecule has 0 radical (unpaired) electrons. The molecule has 8 heteroatoms. The summed E-state index contributed by atoms with van der Waals surface area (Å²) in [4.78, 5) is 56.2. The number of Topliss-reactive ketones (excluding diaryl/α,β-unsaturated/α-hetero) is 1. The molecule has 3 aromatic carbocycles. The molecule has 4 atom stereocenters. The Morgan fingerprint density at radius 3 is 2.32 bits per heavy atom. The summed E-state index contributed by atoms with van der Waals surface area (Å²) >= 11 is 0. The number of nitrogens with one attached hydrogen (secondary N) is 1. The number of methoxy groups -OCH3 is 1. The van der Waals surface area contributed by atoms with Crippen molar-refractivity contribution in [2.45, 2.75) is 25.7 Å². The van der Waals surface area contributed by atoms with Crippen molar-refractivity contribution in [2.24, 2.45) is 17.8 Å². The first kappa shape index (κ1) is 27.6. The predicted octanol–water partition coefficient (Wildman–Crippen LogP) is 5.78. The zero-order chi connectivity index (χ0) is 30.7. The molecule has 1 aliphatic heterocycles. The van der Waals surface area contributed by atoms with E-state index in [1.807, 2.05) is 48.5 Å². The number of nitrogens with zero attached hydrogens (tertiary/aromatic N) is 1. The highest BCUT2D eigenvalue weighted by Crippen LogP contribution is 2.57. The van der Waals surface area contributed by atoms with Crippen LogP contribution in [0.3, 0.4) is 0 Å². The van der Waals surface area contributed by atoms with E-state index in [9.17, 15) is 24.3 Å². The summed E-state index contributed by atoms with van der Waals surface area (Å²) in [6, 6.07) is 21.9. The molecule has 0 bridgehead atoms. The van der Waals surface area contributed by atoms with Crippen molar-refractivity contribution < 1.29 is 29.0 Å². The molecule has 0 unspecified atom stereocenters. The van der Waals surface area contributed by atoms with Crippen LogP contribution in [0.5, 0.6) is 11.5 Å². The van der Waals surface area contributed by atoms with Crippen LogP contribution in [0.25, 0.3) is 0 Å². The van der Waals surface area contributed by atoms with E-state index in [0.29, 0.717) is 34.4 Å². The normalized spacial score (nSPS) is 24.4. The molecule has 7 rings (SSSR count). The molecule has 44 heavy (non-hydrogen) atoms. The number of phenols is 1. The van der Waals surface area contributed by atoms with Gasteiger partial charge in [0.2, 0.25) is 11.8 Å². The number of hydrogen-bond donors (Lipinski definition) is 2. The average molecular weight is 587 g/mol. The molecule has 1 heterocycles. The number of rotatable bonds is 5. The lowest BCUT2D eigenvalue weighted by molar-refractivity contribution is -0.123. The lowest BCUT2D eigenvalue weighted by Crippen LogP contribution is -2.39. The molecule has 0 spiro atoms. The van der Waals surface area contributed by atoms with Gasteiger partial charge in [-0.15, -0.1) is 0 Å². The van der Waals surface area contributed by atoms with Gasteiger partial charge in [0.25, 0.3) is 0 Å². The van der Waals surface area contributed by atoms with Crippen molar-refractivity contribution >= 4 is 40.4 Å². The molecule has 2 amide bonds. The lowest BCUT2D eigenvalue weighted by atomic mass is 9.59. The molecule has 1 saturated heterocycles. The second-order valence-corrected chi connectivity index (χ2v) is 11.7. The molecule has 8 nitrogen and oxygen atoms in total. The van der Waals surface area contributed by atoms with Crippen molar-refractivity contribution in [1.29, 1.82) is 0 Å². The molecule has 3 aliphatic carbocycles. The van der Waals surface area contributed by atoms with Crippen LogP contribution in [-0.2, 0) is 19.2 Å². The number of ketones is 2. The fourth-order valence-corrected chi connectivity index (χ4v) is 7.31.